The molecule has 0 saturated carbocycles. The van der Waals surface area contributed by atoms with Crippen LogP contribution in [0.25, 0.3) is 21.8 Å². The minimum Gasteiger partial charge on any atom is -0.480 e. The third-order valence-electron chi connectivity index (χ3n) is 6.81. The third-order valence-corrected chi connectivity index (χ3v) is 6.81. The molecule has 3 aromatic carbocycles. The van der Waals surface area contributed by atoms with Crippen molar-refractivity contribution in [1.29, 1.82) is 0 Å². The predicted octanol–water partition coefficient (Wildman–Crippen LogP) is 2.78. The fraction of sp³-hybridized carbons (Fsp3) is 0.172. The Labute approximate surface area is 217 Å². The number of para-hydroxylation sites is 2. The van der Waals surface area contributed by atoms with E-state index in [1.165, 1.54) is 11.6 Å². The molecule has 2 heterocycles. The van der Waals surface area contributed by atoms with Crippen molar-refractivity contribution < 1.29 is 14.7 Å². The Morgan fingerprint density at radius 1 is 0.895 bits per heavy atom. The second-order valence-corrected chi connectivity index (χ2v) is 9.20. The van der Waals surface area contributed by atoms with Crippen LogP contribution < -0.4 is 16.6 Å². The molecule has 0 fully saturated rings. The fourth-order valence-corrected chi connectivity index (χ4v) is 4.83. The number of aliphatic carboxylic acids is 1. The molecule has 2 atom stereocenters. The summed E-state index contributed by atoms with van der Waals surface area (Å²) in [6.45, 7) is 0. The number of fused-ring (bicyclic) bond motifs is 2. The van der Waals surface area contributed by atoms with Gasteiger partial charge in [0.15, 0.2) is 0 Å². The second kappa shape index (κ2) is 10.2. The van der Waals surface area contributed by atoms with Crippen molar-refractivity contribution in [2.75, 3.05) is 0 Å². The van der Waals surface area contributed by atoms with Gasteiger partial charge in [-0.2, -0.15) is 0 Å². The van der Waals surface area contributed by atoms with E-state index in [0.29, 0.717) is 5.52 Å². The largest absolute Gasteiger partial charge is 0.480 e. The number of hydrogen-bond donors (Lipinski definition) is 3. The SMILES string of the molecule is Cn1c(=O)n(C(Cc2ccccc2)C(=O)NC(Cc2c[nH]c3ccccc23)C(=O)O)c(=O)c2ccccc21. The van der Waals surface area contributed by atoms with Crippen molar-refractivity contribution >= 4 is 33.7 Å². The smallest absolute Gasteiger partial charge is 0.331 e. The van der Waals surface area contributed by atoms with E-state index in [1.807, 2.05) is 30.3 Å². The normalized spacial score (nSPS) is 12.9. The minimum absolute atomic E-state index is 0.0216. The summed E-state index contributed by atoms with van der Waals surface area (Å²) < 4.78 is 2.25. The average Bonchev–Trinajstić information content (AvgIpc) is 3.34. The van der Waals surface area contributed by atoms with Crippen LogP contribution in [0.1, 0.15) is 17.2 Å². The van der Waals surface area contributed by atoms with Crippen molar-refractivity contribution in [3.63, 3.8) is 0 Å². The van der Waals surface area contributed by atoms with Crippen molar-refractivity contribution in [2.45, 2.75) is 24.9 Å². The molecule has 192 valence electrons. The van der Waals surface area contributed by atoms with E-state index in [-0.39, 0.29) is 18.2 Å². The lowest BCUT2D eigenvalue weighted by molar-refractivity contribution is -0.142. The number of aromatic amines is 1. The highest BCUT2D eigenvalue weighted by Gasteiger charge is 2.30. The number of carboxylic acids is 1. The second-order valence-electron chi connectivity index (χ2n) is 9.20. The maximum Gasteiger partial charge on any atom is 0.331 e. The Kier molecular flexibility index (Phi) is 6.66. The van der Waals surface area contributed by atoms with Gasteiger partial charge in [-0.15, -0.1) is 0 Å². The first kappa shape index (κ1) is 24.8. The molecule has 9 heteroatoms. The van der Waals surface area contributed by atoms with Crippen LogP contribution in [0.5, 0.6) is 0 Å². The van der Waals surface area contributed by atoms with Gasteiger partial charge in [0.05, 0.1) is 10.9 Å². The van der Waals surface area contributed by atoms with Crippen molar-refractivity contribution in [3.8, 4) is 0 Å². The molecule has 2 unspecified atom stereocenters. The number of amides is 1. The number of nitrogens with zero attached hydrogens (tertiary/aromatic N) is 2. The Balaban J connectivity index is 1.55. The number of nitrogens with one attached hydrogen (secondary N) is 2. The van der Waals surface area contributed by atoms with Gasteiger partial charge in [0.25, 0.3) is 5.56 Å². The predicted molar refractivity (Wildman–Crippen MR) is 144 cm³/mol. The van der Waals surface area contributed by atoms with Crippen LogP contribution in [-0.4, -0.2) is 37.1 Å². The molecule has 0 aliphatic heterocycles. The molecule has 0 radical (unpaired) electrons. The highest BCUT2D eigenvalue weighted by atomic mass is 16.4. The van der Waals surface area contributed by atoms with E-state index in [2.05, 4.69) is 10.3 Å². The van der Waals surface area contributed by atoms with E-state index >= 15 is 0 Å². The lowest BCUT2D eigenvalue weighted by Gasteiger charge is -2.23. The zero-order valence-electron chi connectivity index (χ0n) is 20.6. The first-order valence-corrected chi connectivity index (χ1v) is 12.2. The van der Waals surface area contributed by atoms with Gasteiger partial charge in [-0.25, -0.2) is 14.2 Å². The van der Waals surface area contributed by atoms with Crippen molar-refractivity contribution in [1.82, 2.24) is 19.4 Å². The molecule has 0 spiro atoms. The lowest BCUT2D eigenvalue weighted by atomic mass is 10.0. The molecule has 9 nitrogen and oxygen atoms in total. The van der Waals surface area contributed by atoms with Gasteiger partial charge in [-0.3, -0.25) is 14.2 Å². The quantitative estimate of drug-likeness (QED) is 0.296. The zero-order valence-corrected chi connectivity index (χ0v) is 20.6. The molecule has 0 saturated heterocycles. The molecule has 5 rings (SSSR count). The molecule has 0 aliphatic rings. The van der Waals surface area contributed by atoms with Gasteiger partial charge in [0.2, 0.25) is 5.91 Å². The molecule has 3 N–H and O–H groups in total. The first-order chi connectivity index (χ1) is 18.3. The van der Waals surface area contributed by atoms with Gasteiger partial charge in [0, 0.05) is 37.0 Å². The third kappa shape index (κ3) is 4.61. The van der Waals surface area contributed by atoms with Crippen LogP contribution >= 0.6 is 0 Å². The van der Waals surface area contributed by atoms with E-state index in [4.69, 9.17) is 0 Å². The minimum atomic E-state index is -1.28. The van der Waals surface area contributed by atoms with Gasteiger partial charge >= 0.3 is 11.7 Å². The number of carboxylic acid groups (broad SMARTS) is 1. The number of carbonyl (C=O) groups is 2. The molecule has 38 heavy (non-hydrogen) atoms. The number of carbonyl (C=O) groups excluding carboxylic acids is 1. The van der Waals surface area contributed by atoms with Crippen LogP contribution in [0.2, 0.25) is 0 Å². The maximum absolute atomic E-state index is 13.7. The summed E-state index contributed by atoms with van der Waals surface area (Å²) in [5.74, 6) is -1.95. The highest BCUT2D eigenvalue weighted by Crippen LogP contribution is 2.20. The number of H-pyrrole nitrogens is 1. The number of aromatic nitrogens is 3. The molecule has 1 amide bonds. The molecular weight excluding hydrogens is 484 g/mol. The monoisotopic (exact) mass is 510 g/mol. The Morgan fingerprint density at radius 2 is 1.55 bits per heavy atom. The summed E-state index contributed by atoms with van der Waals surface area (Å²) in [7, 11) is 1.54. The highest BCUT2D eigenvalue weighted by molar-refractivity contribution is 5.88. The van der Waals surface area contributed by atoms with E-state index in [0.717, 1.165) is 26.6 Å². The van der Waals surface area contributed by atoms with Crippen molar-refractivity contribution in [3.05, 3.63) is 117 Å². The van der Waals surface area contributed by atoms with E-state index < -0.39 is 35.2 Å². The lowest BCUT2D eigenvalue weighted by Crippen LogP contribution is -2.51. The molecule has 0 bridgehead atoms. The molecule has 2 aromatic heterocycles. The number of hydrogen-bond acceptors (Lipinski definition) is 4. The topological polar surface area (TPSA) is 126 Å². The van der Waals surface area contributed by atoms with Gasteiger partial charge in [0.1, 0.15) is 12.1 Å². The Hall–Kier alpha value is -4.92. The summed E-state index contributed by atoms with van der Waals surface area (Å²) in [6, 6.07) is 20.6. The van der Waals surface area contributed by atoms with Crippen LogP contribution in [0, 0.1) is 0 Å². The Bertz CT molecular complexity index is 1770. The summed E-state index contributed by atoms with van der Waals surface area (Å²) >= 11 is 0. The first-order valence-electron chi connectivity index (χ1n) is 12.2. The van der Waals surface area contributed by atoms with Gasteiger partial charge in [-0.1, -0.05) is 60.7 Å². The molecule has 5 aromatic rings. The van der Waals surface area contributed by atoms with Gasteiger partial charge in [-0.05, 0) is 29.3 Å². The molecule has 0 aliphatic carbocycles. The summed E-state index contributed by atoms with van der Waals surface area (Å²) in [5.41, 5.74) is 1.48. The van der Waals surface area contributed by atoms with Crippen LogP contribution in [0.15, 0.2) is 94.6 Å². The van der Waals surface area contributed by atoms with E-state index in [1.54, 1.807) is 54.7 Å². The average molecular weight is 511 g/mol. The molecular formula is C29H26N4O5. The summed E-state index contributed by atoms with van der Waals surface area (Å²) in [4.78, 5) is 55.9. The standard InChI is InChI=1S/C29H26N4O5/c1-32-24-14-8-6-12-21(24)27(35)33(29(32)38)25(15-18-9-3-2-4-10-18)26(34)31-23(28(36)37)16-19-17-30-22-13-7-5-11-20(19)22/h2-14,17,23,25,30H,15-16H2,1H3,(H,31,34)(H,36,37). The van der Waals surface area contributed by atoms with E-state index in [9.17, 15) is 24.3 Å². The van der Waals surface area contributed by atoms with Crippen LogP contribution in [-0.2, 0) is 29.5 Å². The summed E-state index contributed by atoms with van der Waals surface area (Å²) in [6.07, 6.45) is 1.77. The van der Waals surface area contributed by atoms with Crippen LogP contribution in [0.3, 0.4) is 0 Å². The Morgan fingerprint density at radius 3 is 2.29 bits per heavy atom. The fourth-order valence-electron chi connectivity index (χ4n) is 4.83. The summed E-state index contributed by atoms with van der Waals surface area (Å²) in [5, 5.41) is 13.7. The number of aryl methyl sites for hydroxylation is 1. The maximum atomic E-state index is 13.7. The van der Waals surface area contributed by atoms with Crippen LogP contribution in [0.4, 0.5) is 0 Å². The zero-order chi connectivity index (χ0) is 26.8. The van der Waals surface area contributed by atoms with Crippen molar-refractivity contribution in [2.24, 2.45) is 7.05 Å². The number of rotatable bonds is 8. The van der Waals surface area contributed by atoms with Gasteiger partial charge < -0.3 is 15.4 Å². The number of benzene rings is 3.